The van der Waals surface area contributed by atoms with Crippen molar-refractivity contribution >= 4 is 21.9 Å². The molecule has 160 valence electrons. The number of hydrogen-bond donors (Lipinski definition) is 2. The highest BCUT2D eigenvalue weighted by molar-refractivity contribution is 7.90. The molecular formula is C20H39NO5S. The minimum Gasteiger partial charge on any atom is -0.481 e. The number of sulfonamides is 1. The van der Waals surface area contributed by atoms with Crippen LogP contribution in [-0.2, 0) is 19.6 Å². The monoisotopic (exact) mass is 405 g/mol. The Morgan fingerprint density at radius 2 is 1.11 bits per heavy atom. The predicted octanol–water partition coefficient (Wildman–Crippen LogP) is 4.78. The summed E-state index contributed by atoms with van der Waals surface area (Å²) < 4.78 is 25.4. The van der Waals surface area contributed by atoms with Crippen LogP contribution in [0.1, 0.15) is 110 Å². The van der Waals surface area contributed by atoms with Crippen molar-refractivity contribution in [3.05, 3.63) is 0 Å². The summed E-state index contributed by atoms with van der Waals surface area (Å²) in [6.07, 6.45) is 14.9. The normalized spacial score (nSPS) is 11.4. The van der Waals surface area contributed by atoms with Crippen LogP contribution >= 0.6 is 0 Å². The SMILES string of the molecule is CCCCS(=O)(=O)NC(=O)CCCCCCCCCCCCCCC(=O)O. The second-order valence-electron chi connectivity index (χ2n) is 7.33. The van der Waals surface area contributed by atoms with Crippen LogP contribution in [0.15, 0.2) is 0 Å². The molecule has 27 heavy (non-hydrogen) atoms. The van der Waals surface area contributed by atoms with Crippen molar-refractivity contribution in [1.82, 2.24) is 4.72 Å². The van der Waals surface area contributed by atoms with Crippen LogP contribution < -0.4 is 4.72 Å². The first-order chi connectivity index (χ1) is 12.9. The number of carbonyl (C=O) groups excluding carboxylic acids is 1. The first kappa shape index (κ1) is 25.9. The number of carboxylic acid groups (broad SMARTS) is 1. The summed E-state index contributed by atoms with van der Waals surface area (Å²) in [7, 11) is -3.44. The summed E-state index contributed by atoms with van der Waals surface area (Å²) in [5, 5.41) is 8.55. The van der Waals surface area contributed by atoms with E-state index in [9.17, 15) is 18.0 Å². The van der Waals surface area contributed by atoms with Gasteiger partial charge in [-0.25, -0.2) is 8.42 Å². The Morgan fingerprint density at radius 3 is 1.52 bits per heavy atom. The number of nitrogens with one attached hydrogen (secondary N) is 1. The van der Waals surface area contributed by atoms with E-state index < -0.39 is 16.0 Å². The summed E-state index contributed by atoms with van der Waals surface area (Å²) in [6.45, 7) is 1.92. The highest BCUT2D eigenvalue weighted by Crippen LogP contribution is 2.13. The van der Waals surface area contributed by atoms with Gasteiger partial charge in [-0.15, -0.1) is 0 Å². The summed E-state index contributed by atoms with van der Waals surface area (Å²) in [6, 6.07) is 0. The van der Waals surface area contributed by atoms with Crippen molar-refractivity contribution in [3.63, 3.8) is 0 Å². The van der Waals surface area contributed by atoms with Crippen LogP contribution in [0.5, 0.6) is 0 Å². The zero-order valence-electron chi connectivity index (χ0n) is 17.0. The van der Waals surface area contributed by atoms with Crippen LogP contribution in [0.3, 0.4) is 0 Å². The zero-order chi connectivity index (χ0) is 20.4. The first-order valence-corrected chi connectivity index (χ1v) is 12.3. The first-order valence-electron chi connectivity index (χ1n) is 10.6. The summed E-state index contributed by atoms with van der Waals surface area (Å²) >= 11 is 0. The molecule has 0 aromatic carbocycles. The Hall–Kier alpha value is -1.11. The molecular weight excluding hydrogens is 366 g/mol. The van der Waals surface area contributed by atoms with E-state index in [1.807, 2.05) is 6.92 Å². The molecule has 0 rings (SSSR count). The molecule has 1 amide bonds. The van der Waals surface area contributed by atoms with Gasteiger partial charge in [-0.2, -0.15) is 0 Å². The number of carbonyl (C=O) groups is 2. The highest BCUT2D eigenvalue weighted by Gasteiger charge is 2.13. The smallest absolute Gasteiger partial charge is 0.303 e. The molecule has 0 unspecified atom stereocenters. The maximum atomic E-state index is 11.6. The Labute approximate surface area is 165 Å². The van der Waals surface area contributed by atoms with E-state index in [4.69, 9.17) is 5.11 Å². The number of carboxylic acids is 1. The Balaban J connectivity index is 3.35. The van der Waals surface area contributed by atoms with Gasteiger partial charge in [-0.05, 0) is 19.3 Å². The maximum Gasteiger partial charge on any atom is 0.303 e. The van der Waals surface area contributed by atoms with Gasteiger partial charge in [-0.1, -0.05) is 77.6 Å². The molecule has 0 aliphatic carbocycles. The van der Waals surface area contributed by atoms with Gasteiger partial charge >= 0.3 is 5.97 Å². The van der Waals surface area contributed by atoms with E-state index in [2.05, 4.69) is 4.72 Å². The van der Waals surface area contributed by atoms with E-state index in [1.165, 1.54) is 32.1 Å². The largest absolute Gasteiger partial charge is 0.481 e. The number of hydrogen-bond acceptors (Lipinski definition) is 4. The third-order valence-corrected chi connectivity index (χ3v) is 5.95. The molecule has 0 bridgehead atoms. The molecule has 2 N–H and O–H groups in total. The van der Waals surface area contributed by atoms with Crippen LogP contribution in [0.25, 0.3) is 0 Å². The minimum absolute atomic E-state index is 0.0254. The van der Waals surface area contributed by atoms with Gasteiger partial charge in [0.2, 0.25) is 15.9 Å². The topological polar surface area (TPSA) is 101 Å². The second-order valence-corrected chi connectivity index (χ2v) is 9.18. The molecule has 0 heterocycles. The fourth-order valence-corrected chi connectivity index (χ4v) is 4.16. The Morgan fingerprint density at radius 1 is 0.704 bits per heavy atom. The average molecular weight is 406 g/mol. The van der Waals surface area contributed by atoms with Crippen molar-refractivity contribution in [2.24, 2.45) is 0 Å². The maximum absolute atomic E-state index is 11.6. The lowest BCUT2D eigenvalue weighted by Gasteiger charge is -2.06. The fourth-order valence-electron chi connectivity index (χ4n) is 2.94. The molecule has 0 aliphatic heterocycles. The summed E-state index contributed by atoms with van der Waals surface area (Å²) in [4.78, 5) is 22.0. The van der Waals surface area contributed by atoms with Crippen molar-refractivity contribution < 1.29 is 23.1 Å². The molecule has 0 radical (unpaired) electrons. The Kier molecular flexibility index (Phi) is 16.3. The van der Waals surface area contributed by atoms with Gasteiger partial charge in [0.1, 0.15) is 0 Å². The third kappa shape index (κ3) is 19.5. The van der Waals surface area contributed by atoms with Crippen LogP contribution in [0, 0.1) is 0 Å². The fraction of sp³-hybridized carbons (Fsp3) is 0.900. The number of unbranched alkanes of at least 4 members (excludes halogenated alkanes) is 12. The minimum atomic E-state index is -3.44. The molecule has 0 saturated carbocycles. The molecule has 0 fully saturated rings. The molecule has 0 aromatic heterocycles. The molecule has 0 aromatic rings. The van der Waals surface area contributed by atoms with Gasteiger partial charge in [0.15, 0.2) is 0 Å². The Bertz CT molecular complexity index is 491. The van der Waals surface area contributed by atoms with E-state index in [-0.39, 0.29) is 24.5 Å². The third-order valence-electron chi connectivity index (χ3n) is 4.58. The standard InChI is InChI=1S/C20H39NO5S/c1-2-3-18-27(25,26)21-19(22)16-14-12-10-8-6-4-5-7-9-11-13-15-17-20(23)24/h2-18H2,1H3,(H,21,22)(H,23,24). The van der Waals surface area contributed by atoms with E-state index in [0.29, 0.717) is 6.42 Å². The van der Waals surface area contributed by atoms with Crippen LogP contribution in [-0.4, -0.2) is 31.2 Å². The van der Waals surface area contributed by atoms with Crippen molar-refractivity contribution in [2.45, 2.75) is 110 Å². The molecule has 7 heteroatoms. The quantitative estimate of drug-likeness (QED) is 0.301. The average Bonchev–Trinajstić information content (AvgIpc) is 2.59. The van der Waals surface area contributed by atoms with E-state index in [0.717, 1.165) is 51.4 Å². The van der Waals surface area contributed by atoms with Crippen LogP contribution in [0.2, 0.25) is 0 Å². The van der Waals surface area contributed by atoms with Crippen molar-refractivity contribution in [3.8, 4) is 0 Å². The zero-order valence-corrected chi connectivity index (χ0v) is 17.8. The lowest BCUT2D eigenvalue weighted by Crippen LogP contribution is -2.32. The van der Waals surface area contributed by atoms with Gasteiger partial charge < -0.3 is 5.11 Å². The molecule has 0 saturated heterocycles. The predicted molar refractivity (Wildman–Crippen MR) is 109 cm³/mol. The molecule has 0 atom stereocenters. The highest BCUT2D eigenvalue weighted by atomic mass is 32.2. The van der Waals surface area contributed by atoms with Gasteiger partial charge in [0, 0.05) is 12.8 Å². The number of aliphatic carboxylic acids is 1. The second kappa shape index (κ2) is 17.0. The van der Waals surface area contributed by atoms with E-state index >= 15 is 0 Å². The summed E-state index contributed by atoms with van der Waals surface area (Å²) in [5.41, 5.74) is 0. The van der Waals surface area contributed by atoms with Crippen molar-refractivity contribution in [1.29, 1.82) is 0 Å². The van der Waals surface area contributed by atoms with Gasteiger partial charge in [0.25, 0.3) is 0 Å². The molecule has 6 nitrogen and oxygen atoms in total. The van der Waals surface area contributed by atoms with E-state index in [1.54, 1.807) is 0 Å². The summed E-state index contributed by atoms with van der Waals surface area (Å²) in [5.74, 6) is -1.06. The lowest BCUT2D eigenvalue weighted by atomic mass is 10.0. The number of rotatable bonds is 19. The van der Waals surface area contributed by atoms with Gasteiger partial charge in [0.05, 0.1) is 5.75 Å². The van der Waals surface area contributed by atoms with Crippen LogP contribution in [0.4, 0.5) is 0 Å². The number of amides is 1. The van der Waals surface area contributed by atoms with Crippen molar-refractivity contribution in [2.75, 3.05) is 5.75 Å². The molecule has 0 aliphatic rings. The molecule has 0 spiro atoms. The van der Waals surface area contributed by atoms with Gasteiger partial charge in [-0.3, -0.25) is 14.3 Å². The lowest BCUT2D eigenvalue weighted by molar-refractivity contribution is -0.137.